The summed E-state index contributed by atoms with van der Waals surface area (Å²) in [7, 11) is 0. The number of rotatable bonds is 1. The molecule has 0 aliphatic rings. The van der Waals surface area contributed by atoms with Crippen LogP contribution in [0, 0.1) is 11.8 Å². The topological polar surface area (TPSA) is 40.5 Å². The highest BCUT2D eigenvalue weighted by Crippen LogP contribution is 2.25. The van der Waals surface area contributed by atoms with Gasteiger partial charge in [0.15, 0.2) is 0 Å². The number of carboxylic acid groups (broad SMARTS) is 1. The van der Waals surface area contributed by atoms with E-state index in [0.29, 0.717) is 27.1 Å². The van der Waals surface area contributed by atoms with E-state index in [1.807, 2.05) is 6.92 Å². The van der Waals surface area contributed by atoms with E-state index in [9.17, 15) is 4.79 Å². The van der Waals surface area contributed by atoms with Crippen LogP contribution in [0.4, 0.5) is 10.5 Å². The maximum atomic E-state index is 10.7. The van der Waals surface area contributed by atoms with Gasteiger partial charge in [-0.25, -0.2) is 4.79 Å². The van der Waals surface area contributed by atoms with Gasteiger partial charge in [0.1, 0.15) is 0 Å². The van der Waals surface area contributed by atoms with Crippen molar-refractivity contribution in [2.24, 2.45) is 0 Å². The van der Waals surface area contributed by atoms with E-state index in [0.717, 1.165) is 0 Å². The van der Waals surface area contributed by atoms with Crippen LogP contribution in [0.15, 0.2) is 18.2 Å². The SMILES string of the molecule is CCC#Cc1cc(Cl)ccc1N(Cl)C(=O)O. The van der Waals surface area contributed by atoms with Crippen molar-refractivity contribution in [3.8, 4) is 11.8 Å². The molecule has 0 aliphatic carbocycles. The molecule has 0 aromatic heterocycles. The Morgan fingerprint density at radius 1 is 1.56 bits per heavy atom. The fraction of sp³-hybridized carbons (Fsp3) is 0.182. The van der Waals surface area contributed by atoms with Crippen LogP contribution in [0.5, 0.6) is 0 Å². The average molecular weight is 258 g/mol. The third-order valence-electron chi connectivity index (χ3n) is 1.74. The molecule has 0 spiro atoms. The lowest BCUT2D eigenvalue weighted by Gasteiger charge is -2.11. The maximum Gasteiger partial charge on any atom is 0.426 e. The first-order valence-corrected chi connectivity index (χ1v) is 5.25. The maximum absolute atomic E-state index is 10.7. The van der Waals surface area contributed by atoms with Crippen molar-refractivity contribution in [2.75, 3.05) is 4.42 Å². The Hall–Kier alpha value is -1.37. The highest BCUT2D eigenvalue weighted by molar-refractivity contribution is 6.36. The summed E-state index contributed by atoms with van der Waals surface area (Å²) < 4.78 is 0.593. The molecule has 0 aliphatic heterocycles. The van der Waals surface area contributed by atoms with Gasteiger partial charge in [0.2, 0.25) is 0 Å². The van der Waals surface area contributed by atoms with E-state index in [-0.39, 0.29) is 0 Å². The molecule has 3 nitrogen and oxygen atoms in total. The zero-order chi connectivity index (χ0) is 12.1. The van der Waals surface area contributed by atoms with Gasteiger partial charge < -0.3 is 5.11 Å². The largest absolute Gasteiger partial charge is 0.464 e. The van der Waals surface area contributed by atoms with Crippen LogP contribution < -0.4 is 4.42 Å². The van der Waals surface area contributed by atoms with Crippen molar-refractivity contribution in [1.82, 2.24) is 0 Å². The number of nitrogens with zero attached hydrogens (tertiary/aromatic N) is 1. The summed E-state index contributed by atoms with van der Waals surface area (Å²) in [4.78, 5) is 10.7. The van der Waals surface area contributed by atoms with Crippen LogP contribution >= 0.6 is 23.4 Å². The van der Waals surface area contributed by atoms with Gasteiger partial charge in [-0.15, -0.1) is 0 Å². The van der Waals surface area contributed by atoms with Crippen molar-refractivity contribution in [2.45, 2.75) is 13.3 Å². The molecule has 0 saturated heterocycles. The highest BCUT2D eigenvalue weighted by Gasteiger charge is 2.14. The summed E-state index contributed by atoms with van der Waals surface area (Å²) in [6.45, 7) is 1.90. The van der Waals surface area contributed by atoms with Gasteiger partial charge >= 0.3 is 6.09 Å². The molecule has 84 valence electrons. The van der Waals surface area contributed by atoms with Crippen LogP contribution in [0.3, 0.4) is 0 Å². The molecular weight excluding hydrogens is 249 g/mol. The molecule has 0 fully saturated rings. The van der Waals surface area contributed by atoms with Crippen molar-refractivity contribution in [3.63, 3.8) is 0 Å². The number of amides is 1. The molecule has 1 aromatic rings. The Morgan fingerprint density at radius 2 is 2.25 bits per heavy atom. The second kappa shape index (κ2) is 5.64. The minimum absolute atomic E-state index is 0.305. The standard InChI is InChI=1S/C11H9Cl2NO2/c1-2-3-4-8-7-9(12)5-6-10(8)14(13)11(15)16/h5-7H,2H2,1H3,(H,15,16). The van der Waals surface area contributed by atoms with E-state index in [1.165, 1.54) is 6.07 Å². The van der Waals surface area contributed by atoms with Crippen LogP contribution in [0.25, 0.3) is 0 Å². The van der Waals surface area contributed by atoms with Crippen molar-refractivity contribution in [1.29, 1.82) is 0 Å². The lowest BCUT2D eigenvalue weighted by Crippen LogP contribution is -2.18. The molecule has 5 heteroatoms. The van der Waals surface area contributed by atoms with E-state index < -0.39 is 6.09 Å². The Bertz CT molecular complexity index is 463. The van der Waals surface area contributed by atoms with Gasteiger partial charge in [0.25, 0.3) is 0 Å². The predicted molar refractivity (Wildman–Crippen MR) is 65.0 cm³/mol. The summed E-state index contributed by atoms with van der Waals surface area (Å²) in [6, 6.07) is 4.66. The zero-order valence-electron chi connectivity index (χ0n) is 8.50. The molecule has 1 amide bonds. The Balaban J connectivity index is 3.22. The number of carbonyl (C=O) groups is 1. The summed E-state index contributed by atoms with van der Waals surface area (Å²) >= 11 is 11.4. The Labute approximate surface area is 104 Å². The van der Waals surface area contributed by atoms with Crippen LogP contribution in [0.2, 0.25) is 5.02 Å². The van der Waals surface area contributed by atoms with E-state index >= 15 is 0 Å². The monoisotopic (exact) mass is 257 g/mol. The molecule has 0 atom stereocenters. The van der Waals surface area contributed by atoms with Crippen molar-refractivity contribution < 1.29 is 9.90 Å². The molecular formula is C11H9Cl2NO2. The van der Waals surface area contributed by atoms with Gasteiger partial charge in [-0.3, -0.25) is 0 Å². The van der Waals surface area contributed by atoms with E-state index in [4.69, 9.17) is 28.5 Å². The number of hydrogen-bond donors (Lipinski definition) is 1. The second-order valence-corrected chi connectivity index (χ2v) is 3.65. The quantitative estimate of drug-likeness (QED) is 0.615. The van der Waals surface area contributed by atoms with Gasteiger partial charge in [-0.1, -0.05) is 30.4 Å². The first-order chi connectivity index (χ1) is 7.56. The van der Waals surface area contributed by atoms with E-state index in [1.54, 1.807) is 12.1 Å². The molecule has 0 unspecified atom stereocenters. The average Bonchev–Trinajstić information content (AvgIpc) is 2.25. The molecule has 0 radical (unpaired) electrons. The Morgan fingerprint density at radius 3 is 2.81 bits per heavy atom. The van der Waals surface area contributed by atoms with Gasteiger partial charge in [-0.2, -0.15) is 4.42 Å². The number of benzene rings is 1. The summed E-state index contributed by atoms with van der Waals surface area (Å²) in [6.07, 6.45) is -0.593. The minimum Gasteiger partial charge on any atom is -0.464 e. The molecule has 0 bridgehead atoms. The first-order valence-electron chi connectivity index (χ1n) is 4.53. The third-order valence-corrected chi connectivity index (χ3v) is 2.30. The van der Waals surface area contributed by atoms with Crippen LogP contribution in [0.1, 0.15) is 18.9 Å². The molecule has 16 heavy (non-hydrogen) atoms. The molecule has 0 heterocycles. The number of anilines is 1. The molecule has 1 N–H and O–H groups in total. The summed E-state index contributed by atoms with van der Waals surface area (Å²) in [5, 5.41) is 9.25. The number of hydrogen-bond acceptors (Lipinski definition) is 1. The van der Waals surface area contributed by atoms with Crippen LogP contribution in [-0.2, 0) is 0 Å². The van der Waals surface area contributed by atoms with Gasteiger partial charge in [0.05, 0.1) is 11.3 Å². The highest BCUT2D eigenvalue weighted by atomic mass is 35.5. The minimum atomic E-state index is -1.26. The fourth-order valence-electron chi connectivity index (χ4n) is 1.07. The number of halogens is 2. The van der Waals surface area contributed by atoms with E-state index in [2.05, 4.69) is 11.8 Å². The van der Waals surface area contributed by atoms with Gasteiger partial charge in [-0.05, 0) is 18.2 Å². The van der Waals surface area contributed by atoms with Crippen LogP contribution in [-0.4, -0.2) is 11.2 Å². The van der Waals surface area contributed by atoms with Crippen molar-refractivity contribution >= 4 is 35.2 Å². The molecule has 0 saturated carbocycles. The summed E-state index contributed by atoms with van der Waals surface area (Å²) in [5.74, 6) is 5.65. The second-order valence-electron chi connectivity index (χ2n) is 2.88. The predicted octanol–water partition coefficient (Wildman–Crippen LogP) is 3.74. The van der Waals surface area contributed by atoms with Gasteiger partial charge in [0, 0.05) is 23.2 Å². The third kappa shape index (κ3) is 3.06. The smallest absolute Gasteiger partial charge is 0.426 e. The first kappa shape index (κ1) is 12.7. The molecule has 1 rings (SSSR count). The fourth-order valence-corrected chi connectivity index (χ4v) is 1.39. The lowest BCUT2D eigenvalue weighted by molar-refractivity contribution is 0.206. The summed E-state index contributed by atoms with van der Waals surface area (Å²) in [5.41, 5.74) is 0.797. The lowest BCUT2D eigenvalue weighted by atomic mass is 10.2. The van der Waals surface area contributed by atoms with Crippen molar-refractivity contribution in [3.05, 3.63) is 28.8 Å². The normalized spacial score (nSPS) is 9.19. The molecule has 1 aromatic carbocycles. The Kier molecular flexibility index (Phi) is 4.48. The zero-order valence-corrected chi connectivity index (χ0v) is 10.0.